The summed E-state index contributed by atoms with van der Waals surface area (Å²) < 4.78 is 15.0. The van der Waals surface area contributed by atoms with Crippen LogP contribution in [0.15, 0.2) is 59.4 Å². The highest BCUT2D eigenvalue weighted by Crippen LogP contribution is 2.42. The van der Waals surface area contributed by atoms with Gasteiger partial charge in [-0.2, -0.15) is 0 Å². The molecule has 36 heavy (non-hydrogen) atoms. The second-order valence-electron chi connectivity index (χ2n) is 9.29. The van der Waals surface area contributed by atoms with Gasteiger partial charge >= 0.3 is 0 Å². The summed E-state index contributed by atoms with van der Waals surface area (Å²) in [7, 11) is 1.58. The number of amides is 1. The van der Waals surface area contributed by atoms with E-state index < -0.39 is 0 Å². The molecule has 0 saturated heterocycles. The number of benzene rings is 3. The van der Waals surface area contributed by atoms with E-state index in [1.807, 2.05) is 82.3 Å². The predicted octanol–water partition coefficient (Wildman–Crippen LogP) is 5.22. The number of carbonyl (C=O) groups is 1. The van der Waals surface area contributed by atoms with Gasteiger partial charge in [-0.25, -0.2) is 9.36 Å². The SMILES string of the molecule is COc1cccc2c1Oc1c(c(=O)n(-c3ccc(C)cc3C)n1CC(=O)Nc1c(C)cccc1C)C2. The fourth-order valence-electron chi connectivity index (χ4n) is 4.86. The molecule has 0 fully saturated rings. The lowest BCUT2D eigenvalue weighted by Gasteiger charge is -2.21. The predicted molar refractivity (Wildman–Crippen MR) is 140 cm³/mol. The zero-order valence-electron chi connectivity index (χ0n) is 21.1. The summed E-state index contributed by atoms with van der Waals surface area (Å²) in [4.78, 5) is 27.1. The first-order valence-electron chi connectivity index (χ1n) is 11.9. The molecule has 0 unspecified atom stereocenters. The highest BCUT2D eigenvalue weighted by Gasteiger charge is 2.31. The summed E-state index contributed by atoms with van der Waals surface area (Å²) in [5.41, 5.74) is 6.62. The van der Waals surface area contributed by atoms with Gasteiger partial charge in [-0.05, 0) is 56.5 Å². The van der Waals surface area contributed by atoms with Crippen LogP contribution in [-0.4, -0.2) is 22.4 Å². The van der Waals surface area contributed by atoms with Gasteiger partial charge in [0.2, 0.25) is 11.8 Å². The monoisotopic (exact) mass is 483 g/mol. The van der Waals surface area contributed by atoms with Crippen molar-refractivity contribution in [2.45, 2.75) is 40.7 Å². The number of hydrogen-bond acceptors (Lipinski definition) is 4. The molecule has 4 aromatic rings. The molecule has 0 radical (unpaired) electrons. The number of rotatable bonds is 5. The quantitative estimate of drug-likeness (QED) is 0.372. The molecule has 0 aliphatic carbocycles. The normalized spacial score (nSPS) is 11.9. The minimum absolute atomic E-state index is 0.101. The van der Waals surface area contributed by atoms with Crippen LogP contribution in [0.2, 0.25) is 0 Å². The molecular formula is C29H29N3O4. The Kier molecular flexibility index (Phi) is 5.92. The fourth-order valence-corrected chi connectivity index (χ4v) is 4.86. The lowest BCUT2D eigenvalue weighted by atomic mass is 10.0. The van der Waals surface area contributed by atoms with Gasteiger partial charge in [0, 0.05) is 17.7 Å². The van der Waals surface area contributed by atoms with E-state index in [1.54, 1.807) is 16.5 Å². The number of ether oxygens (including phenoxy) is 2. The Labute approximate surface area is 209 Å². The summed E-state index contributed by atoms with van der Waals surface area (Å²) in [5.74, 6) is 1.25. The van der Waals surface area contributed by atoms with Gasteiger partial charge in [-0.1, -0.05) is 48.0 Å². The van der Waals surface area contributed by atoms with Gasteiger partial charge in [-0.15, -0.1) is 0 Å². The van der Waals surface area contributed by atoms with Crippen LogP contribution in [0, 0.1) is 27.7 Å². The maximum atomic E-state index is 13.8. The molecule has 1 amide bonds. The number of nitrogens with one attached hydrogen (secondary N) is 1. The summed E-state index contributed by atoms with van der Waals surface area (Å²) in [6.45, 7) is 7.78. The first-order valence-corrected chi connectivity index (χ1v) is 11.9. The summed E-state index contributed by atoms with van der Waals surface area (Å²) in [6.07, 6.45) is 0.386. The van der Waals surface area contributed by atoms with E-state index in [-0.39, 0.29) is 18.0 Å². The highest BCUT2D eigenvalue weighted by molar-refractivity contribution is 5.92. The smallest absolute Gasteiger partial charge is 0.278 e. The van der Waals surface area contributed by atoms with Crippen molar-refractivity contribution >= 4 is 11.6 Å². The Hall–Kier alpha value is -4.26. The van der Waals surface area contributed by atoms with Gasteiger partial charge in [0.15, 0.2) is 11.5 Å². The van der Waals surface area contributed by atoms with Crippen molar-refractivity contribution in [1.82, 2.24) is 9.36 Å². The fraction of sp³-hybridized carbons (Fsp3) is 0.241. The van der Waals surface area contributed by atoms with Gasteiger partial charge in [0.1, 0.15) is 6.54 Å². The Bertz CT molecular complexity index is 1540. The van der Waals surface area contributed by atoms with Crippen molar-refractivity contribution in [2.24, 2.45) is 0 Å². The van der Waals surface area contributed by atoms with E-state index in [0.29, 0.717) is 35.1 Å². The van der Waals surface area contributed by atoms with Crippen LogP contribution in [0.5, 0.6) is 17.4 Å². The largest absolute Gasteiger partial charge is 0.493 e. The van der Waals surface area contributed by atoms with E-state index in [0.717, 1.165) is 33.5 Å². The number of anilines is 1. The van der Waals surface area contributed by atoms with Gasteiger partial charge in [-0.3, -0.25) is 9.59 Å². The Morgan fingerprint density at radius 2 is 1.72 bits per heavy atom. The molecule has 184 valence electrons. The third-order valence-corrected chi connectivity index (χ3v) is 6.65. The minimum Gasteiger partial charge on any atom is -0.493 e. The molecule has 0 atom stereocenters. The molecule has 0 spiro atoms. The number of carbonyl (C=O) groups excluding carboxylic acids is 1. The van der Waals surface area contributed by atoms with Gasteiger partial charge < -0.3 is 14.8 Å². The first-order chi connectivity index (χ1) is 17.3. The molecule has 7 nitrogen and oxygen atoms in total. The van der Waals surface area contributed by atoms with E-state index in [2.05, 4.69) is 5.32 Å². The van der Waals surface area contributed by atoms with Crippen molar-refractivity contribution in [1.29, 1.82) is 0 Å². The van der Waals surface area contributed by atoms with E-state index >= 15 is 0 Å². The molecule has 0 saturated carbocycles. The lowest BCUT2D eigenvalue weighted by molar-refractivity contribution is -0.117. The maximum Gasteiger partial charge on any atom is 0.278 e. The molecule has 3 aromatic carbocycles. The minimum atomic E-state index is -0.252. The van der Waals surface area contributed by atoms with Crippen LogP contribution in [0.1, 0.15) is 33.4 Å². The van der Waals surface area contributed by atoms with E-state index in [4.69, 9.17) is 9.47 Å². The second-order valence-corrected chi connectivity index (χ2v) is 9.29. The van der Waals surface area contributed by atoms with Crippen LogP contribution in [0.25, 0.3) is 5.69 Å². The average molecular weight is 484 g/mol. The number of fused-ring (bicyclic) bond motifs is 2. The van der Waals surface area contributed by atoms with Crippen LogP contribution < -0.4 is 20.3 Å². The Morgan fingerprint density at radius 1 is 1.00 bits per heavy atom. The number of aromatic nitrogens is 2. The zero-order valence-corrected chi connectivity index (χ0v) is 21.1. The van der Waals surface area contributed by atoms with Crippen LogP contribution in [0.4, 0.5) is 5.69 Å². The number of aryl methyl sites for hydroxylation is 4. The highest BCUT2D eigenvalue weighted by atomic mass is 16.5. The molecule has 7 heteroatoms. The number of para-hydroxylation sites is 2. The molecule has 5 rings (SSSR count). The van der Waals surface area contributed by atoms with E-state index in [9.17, 15) is 9.59 Å². The molecular weight excluding hydrogens is 454 g/mol. The molecule has 1 aliphatic heterocycles. The summed E-state index contributed by atoms with van der Waals surface area (Å²) >= 11 is 0. The molecule has 1 aliphatic rings. The summed E-state index contributed by atoms with van der Waals surface area (Å²) in [5, 5.41) is 3.03. The Morgan fingerprint density at radius 3 is 2.42 bits per heavy atom. The van der Waals surface area contributed by atoms with Gasteiger partial charge in [0.25, 0.3) is 5.56 Å². The van der Waals surface area contributed by atoms with Crippen molar-refractivity contribution in [3.63, 3.8) is 0 Å². The zero-order chi connectivity index (χ0) is 25.6. The average Bonchev–Trinajstić information content (AvgIpc) is 3.10. The van der Waals surface area contributed by atoms with Crippen molar-refractivity contribution in [2.75, 3.05) is 12.4 Å². The third kappa shape index (κ3) is 3.96. The topological polar surface area (TPSA) is 74.5 Å². The maximum absolute atomic E-state index is 13.8. The molecule has 0 bridgehead atoms. The lowest BCUT2D eigenvalue weighted by Crippen LogP contribution is -2.28. The second kappa shape index (κ2) is 9.07. The van der Waals surface area contributed by atoms with Crippen molar-refractivity contribution in [3.8, 4) is 23.1 Å². The number of hydrogen-bond donors (Lipinski definition) is 1. The Balaban J connectivity index is 1.64. The van der Waals surface area contributed by atoms with Crippen LogP contribution >= 0.6 is 0 Å². The molecule has 2 heterocycles. The van der Waals surface area contributed by atoms with Gasteiger partial charge in [0.05, 0.1) is 18.4 Å². The molecule has 1 N–H and O–H groups in total. The summed E-state index contributed by atoms with van der Waals surface area (Å²) in [6, 6.07) is 17.4. The van der Waals surface area contributed by atoms with E-state index in [1.165, 1.54) is 0 Å². The van der Waals surface area contributed by atoms with Crippen LogP contribution in [-0.2, 0) is 17.8 Å². The van der Waals surface area contributed by atoms with Crippen molar-refractivity contribution in [3.05, 3.63) is 98.3 Å². The standard InChI is InChI=1S/C29H29N3O4/c1-17-12-13-23(20(4)14-17)32-28(34)22-15-21-10-7-11-24(35-5)27(21)36-29(22)31(32)16-25(33)30-26-18(2)8-6-9-19(26)3/h6-14H,15-16H2,1-5H3,(H,30,33). The number of nitrogens with zero attached hydrogens (tertiary/aromatic N) is 2. The number of methoxy groups -OCH3 is 1. The van der Waals surface area contributed by atoms with Crippen molar-refractivity contribution < 1.29 is 14.3 Å². The van der Waals surface area contributed by atoms with Crippen LogP contribution in [0.3, 0.4) is 0 Å². The molecule has 1 aromatic heterocycles. The third-order valence-electron chi connectivity index (χ3n) is 6.65. The first kappa shape index (κ1) is 23.5.